The molecule has 0 saturated heterocycles. The van der Waals surface area contributed by atoms with Gasteiger partial charge in [0.05, 0.1) is 17.0 Å². The third-order valence-electron chi connectivity index (χ3n) is 2.76. The van der Waals surface area contributed by atoms with Crippen LogP contribution in [-0.4, -0.2) is 33.4 Å². The maximum atomic E-state index is 12.2. The molecule has 0 fully saturated rings. The number of nitrogens with one attached hydrogen (secondary N) is 1. The molecule has 100 valence electrons. The fourth-order valence-electron chi connectivity index (χ4n) is 1.69. The number of aliphatic hydroxyl groups excluding tert-OH is 1. The molecular formula is C13H21N3O2. The van der Waals surface area contributed by atoms with Crippen molar-refractivity contribution in [1.29, 1.82) is 0 Å². The second-order valence-electron chi connectivity index (χ2n) is 5.01. The van der Waals surface area contributed by atoms with Gasteiger partial charge < -0.3 is 10.4 Å². The van der Waals surface area contributed by atoms with Crippen LogP contribution in [0.25, 0.3) is 0 Å². The summed E-state index contributed by atoms with van der Waals surface area (Å²) in [4.78, 5) is 12.2. The molecule has 2 N–H and O–H groups in total. The number of amides is 1. The van der Waals surface area contributed by atoms with Crippen molar-refractivity contribution in [2.75, 3.05) is 6.61 Å². The first-order valence-corrected chi connectivity index (χ1v) is 6.16. The lowest BCUT2D eigenvalue weighted by atomic mass is 10.00. The summed E-state index contributed by atoms with van der Waals surface area (Å²) in [7, 11) is 0. The van der Waals surface area contributed by atoms with Crippen LogP contribution in [0.2, 0.25) is 0 Å². The highest BCUT2D eigenvalue weighted by atomic mass is 16.3. The van der Waals surface area contributed by atoms with Gasteiger partial charge in [-0.2, -0.15) is 10.2 Å². The Bertz CT molecular complexity index is 430. The molecule has 1 heterocycles. The van der Waals surface area contributed by atoms with Crippen LogP contribution in [0.1, 0.15) is 48.9 Å². The molecule has 0 bridgehead atoms. The van der Waals surface area contributed by atoms with Gasteiger partial charge in [0.15, 0.2) is 0 Å². The van der Waals surface area contributed by atoms with Crippen molar-refractivity contribution in [1.82, 2.24) is 15.5 Å². The first-order chi connectivity index (χ1) is 8.39. The van der Waals surface area contributed by atoms with Gasteiger partial charge in [-0.05, 0) is 39.7 Å². The molecule has 0 aromatic carbocycles. The van der Waals surface area contributed by atoms with Crippen LogP contribution in [0.3, 0.4) is 0 Å². The highest BCUT2D eigenvalue weighted by molar-refractivity contribution is 5.95. The number of aliphatic hydroxyl groups is 1. The molecule has 18 heavy (non-hydrogen) atoms. The number of hydrogen-bond donors (Lipinski definition) is 2. The number of hydrogen-bond acceptors (Lipinski definition) is 4. The van der Waals surface area contributed by atoms with E-state index in [0.29, 0.717) is 24.1 Å². The molecule has 0 spiro atoms. The number of aromatic nitrogens is 2. The van der Waals surface area contributed by atoms with Gasteiger partial charge in [-0.25, -0.2) is 0 Å². The van der Waals surface area contributed by atoms with Crippen molar-refractivity contribution in [2.24, 2.45) is 0 Å². The molecule has 5 heteroatoms. The zero-order valence-corrected chi connectivity index (χ0v) is 11.4. The Morgan fingerprint density at radius 1 is 1.44 bits per heavy atom. The maximum absolute atomic E-state index is 12.2. The van der Waals surface area contributed by atoms with Crippen molar-refractivity contribution >= 4 is 5.91 Å². The summed E-state index contributed by atoms with van der Waals surface area (Å²) in [6.45, 7) is 7.56. The van der Waals surface area contributed by atoms with Crippen LogP contribution in [0.5, 0.6) is 0 Å². The van der Waals surface area contributed by atoms with Crippen LogP contribution < -0.4 is 5.32 Å². The van der Waals surface area contributed by atoms with Gasteiger partial charge in [-0.3, -0.25) is 4.79 Å². The monoisotopic (exact) mass is 251 g/mol. The standard InChI is InChI=1S/C13H21N3O2/c1-5-11-10(8-9(2)15-16-11)12(18)14-13(3,4)6-7-17/h8,17H,5-7H2,1-4H3,(H,14,18). The van der Waals surface area contributed by atoms with E-state index in [1.807, 2.05) is 27.7 Å². The van der Waals surface area contributed by atoms with Gasteiger partial charge in [0.2, 0.25) is 0 Å². The predicted octanol–water partition coefficient (Wildman–Crippen LogP) is 1.24. The van der Waals surface area contributed by atoms with E-state index in [4.69, 9.17) is 5.11 Å². The van der Waals surface area contributed by atoms with Crippen LogP contribution in [0.15, 0.2) is 6.07 Å². The van der Waals surface area contributed by atoms with Crippen LogP contribution >= 0.6 is 0 Å². The molecule has 0 aliphatic carbocycles. The summed E-state index contributed by atoms with van der Waals surface area (Å²) in [6.07, 6.45) is 1.17. The summed E-state index contributed by atoms with van der Waals surface area (Å²) in [5.74, 6) is -0.164. The number of aryl methyl sites for hydroxylation is 2. The van der Waals surface area contributed by atoms with E-state index in [9.17, 15) is 4.79 Å². The van der Waals surface area contributed by atoms with E-state index in [1.54, 1.807) is 6.07 Å². The van der Waals surface area contributed by atoms with Crippen molar-refractivity contribution in [3.63, 3.8) is 0 Å². The van der Waals surface area contributed by atoms with Crippen molar-refractivity contribution < 1.29 is 9.90 Å². The third-order valence-corrected chi connectivity index (χ3v) is 2.76. The Morgan fingerprint density at radius 3 is 2.67 bits per heavy atom. The highest BCUT2D eigenvalue weighted by Crippen LogP contribution is 2.12. The van der Waals surface area contributed by atoms with E-state index in [-0.39, 0.29) is 12.5 Å². The molecule has 1 rings (SSSR count). The van der Waals surface area contributed by atoms with Gasteiger partial charge in [0, 0.05) is 12.1 Å². The van der Waals surface area contributed by atoms with Crippen molar-refractivity contribution in [2.45, 2.75) is 46.1 Å². The quantitative estimate of drug-likeness (QED) is 0.825. The average Bonchev–Trinajstić information content (AvgIpc) is 2.28. The van der Waals surface area contributed by atoms with Crippen LogP contribution in [0.4, 0.5) is 0 Å². The molecule has 1 aromatic heterocycles. The molecule has 1 amide bonds. The fraction of sp³-hybridized carbons (Fsp3) is 0.615. The van der Waals surface area contributed by atoms with Crippen LogP contribution in [0, 0.1) is 6.92 Å². The number of carbonyl (C=O) groups excluding carboxylic acids is 1. The smallest absolute Gasteiger partial charge is 0.253 e. The Balaban J connectivity index is 2.93. The molecule has 0 atom stereocenters. The molecule has 0 aliphatic rings. The lowest BCUT2D eigenvalue weighted by Gasteiger charge is -2.25. The normalized spacial score (nSPS) is 11.4. The second-order valence-corrected chi connectivity index (χ2v) is 5.01. The van der Waals surface area contributed by atoms with Gasteiger partial charge in [-0.1, -0.05) is 6.92 Å². The zero-order valence-electron chi connectivity index (χ0n) is 11.4. The summed E-state index contributed by atoms with van der Waals surface area (Å²) < 4.78 is 0. The maximum Gasteiger partial charge on any atom is 0.253 e. The van der Waals surface area contributed by atoms with Crippen molar-refractivity contribution in [3.05, 3.63) is 23.0 Å². The highest BCUT2D eigenvalue weighted by Gasteiger charge is 2.22. The Kier molecular flexibility index (Phi) is 4.78. The van der Waals surface area contributed by atoms with E-state index in [2.05, 4.69) is 15.5 Å². The van der Waals surface area contributed by atoms with E-state index in [1.165, 1.54) is 0 Å². The zero-order chi connectivity index (χ0) is 13.8. The summed E-state index contributed by atoms with van der Waals surface area (Å²) in [5, 5.41) is 19.9. The van der Waals surface area contributed by atoms with Gasteiger partial charge in [0.25, 0.3) is 5.91 Å². The minimum Gasteiger partial charge on any atom is -0.396 e. The molecule has 5 nitrogen and oxygen atoms in total. The van der Waals surface area contributed by atoms with Crippen molar-refractivity contribution in [3.8, 4) is 0 Å². The minimum absolute atomic E-state index is 0.0432. The Morgan fingerprint density at radius 2 is 2.11 bits per heavy atom. The Labute approximate surface area is 108 Å². The number of rotatable bonds is 5. The van der Waals surface area contributed by atoms with Gasteiger partial charge >= 0.3 is 0 Å². The molecule has 0 aliphatic heterocycles. The lowest BCUT2D eigenvalue weighted by Crippen LogP contribution is -2.44. The molecular weight excluding hydrogens is 230 g/mol. The summed E-state index contributed by atoms with van der Waals surface area (Å²) >= 11 is 0. The van der Waals surface area contributed by atoms with E-state index in [0.717, 1.165) is 5.69 Å². The SMILES string of the molecule is CCc1nnc(C)cc1C(=O)NC(C)(C)CCO. The first-order valence-electron chi connectivity index (χ1n) is 6.16. The summed E-state index contributed by atoms with van der Waals surface area (Å²) in [6, 6.07) is 1.75. The van der Waals surface area contributed by atoms with Gasteiger partial charge in [-0.15, -0.1) is 0 Å². The Hall–Kier alpha value is -1.49. The molecule has 0 radical (unpaired) electrons. The third kappa shape index (κ3) is 3.77. The molecule has 0 unspecified atom stereocenters. The van der Waals surface area contributed by atoms with Crippen LogP contribution in [-0.2, 0) is 6.42 Å². The van der Waals surface area contributed by atoms with Gasteiger partial charge in [0.1, 0.15) is 0 Å². The second kappa shape index (κ2) is 5.91. The first kappa shape index (κ1) is 14.6. The number of nitrogens with zero attached hydrogens (tertiary/aromatic N) is 2. The average molecular weight is 251 g/mol. The summed E-state index contributed by atoms with van der Waals surface area (Å²) in [5.41, 5.74) is 1.54. The van der Waals surface area contributed by atoms with E-state index >= 15 is 0 Å². The fourth-order valence-corrected chi connectivity index (χ4v) is 1.69. The lowest BCUT2D eigenvalue weighted by molar-refractivity contribution is 0.0897. The number of carbonyl (C=O) groups is 1. The topological polar surface area (TPSA) is 75.1 Å². The predicted molar refractivity (Wildman–Crippen MR) is 69.4 cm³/mol. The molecule has 1 aromatic rings. The molecule has 0 saturated carbocycles. The largest absolute Gasteiger partial charge is 0.396 e. The minimum atomic E-state index is -0.436. The van der Waals surface area contributed by atoms with E-state index < -0.39 is 5.54 Å².